The Morgan fingerprint density at radius 1 is 1.28 bits per heavy atom. The van der Waals surface area contributed by atoms with E-state index in [1.54, 1.807) is 30.6 Å². The van der Waals surface area contributed by atoms with Gasteiger partial charge in [-0.1, -0.05) is 29.3 Å². The van der Waals surface area contributed by atoms with Crippen molar-refractivity contribution in [2.24, 2.45) is 0 Å². The van der Waals surface area contributed by atoms with Gasteiger partial charge in [-0.15, -0.1) is 0 Å². The Labute approximate surface area is 164 Å². The zero-order valence-electron chi connectivity index (χ0n) is 13.4. The summed E-state index contributed by atoms with van der Waals surface area (Å²) in [5.41, 5.74) is 0.445. The van der Waals surface area contributed by atoms with Gasteiger partial charge in [-0.3, -0.25) is 4.79 Å². The number of rotatable bonds is 4. The van der Waals surface area contributed by atoms with E-state index < -0.39 is 0 Å². The van der Waals surface area contributed by atoms with Gasteiger partial charge < -0.3 is 10.2 Å². The summed E-state index contributed by atoms with van der Waals surface area (Å²) in [5, 5.41) is 3.91. The highest BCUT2D eigenvalue weighted by atomic mass is 79.9. The van der Waals surface area contributed by atoms with Crippen molar-refractivity contribution in [1.82, 2.24) is 14.9 Å². The molecule has 1 aromatic carbocycles. The van der Waals surface area contributed by atoms with Crippen LogP contribution in [-0.2, 0) is 0 Å². The predicted molar refractivity (Wildman–Crippen MR) is 103 cm³/mol. The molecule has 1 atom stereocenters. The van der Waals surface area contributed by atoms with Crippen LogP contribution in [-0.4, -0.2) is 39.9 Å². The molecule has 1 N–H and O–H groups in total. The van der Waals surface area contributed by atoms with E-state index >= 15 is 0 Å². The number of likely N-dealkylation sites (tertiary alicyclic amines) is 1. The summed E-state index contributed by atoms with van der Waals surface area (Å²) < 4.78 is 0.822. The molecule has 0 unspecified atom stereocenters. The molecule has 1 aliphatic rings. The summed E-state index contributed by atoms with van der Waals surface area (Å²) in [6.07, 6.45) is 6.36. The molecule has 0 bridgehead atoms. The lowest BCUT2D eigenvalue weighted by atomic mass is 10.0. The highest BCUT2D eigenvalue weighted by molar-refractivity contribution is 9.10. The van der Waals surface area contributed by atoms with E-state index in [-0.39, 0.29) is 11.9 Å². The second-order valence-electron chi connectivity index (χ2n) is 5.86. The topological polar surface area (TPSA) is 58.1 Å². The van der Waals surface area contributed by atoms with Crippen LogP contribution in [0.25, 0.3) is 0 Å². The van der Waals surface area contributed by atoms with Crippen LogP contribution in [0.1, 0.15) is 29.6 Å². The predicted octanol–water partition coefficient (Wildman–Crippen LogP) is 4.65. The maximum Gasteiger partial charge on any atom is 0.255 e. The van der Waals surface area contributed by atoms with E-state index in [2.05, 4.69) is 31.2 Å². The number of amides is 1. The van der Waals surface area contributed by atoms with Crippen LogP contribution in [0.3, 0.4) is 0 Å². The summed E-state index contributed by atoms with van der Waals surface area (Å²) in [6.45, 7) is 1.29. The molecule has 0 radical (unpaired) electrons. The van der Waals surface area contributed by atoms with Crippen LogP contribution in [0.4, 0.5) is 5.95 Å². The Bertz CT molecular complexity index is 757. The molecule has 1 fully saturated rings. The van der Waals surface area contributed by atoms with E-state index in [0.29, 0.717) is 34.6 Å². The lowest BCUT2D eigenvalue weighted by Crippen LogP contribution is -2.47. The first-order valence-corrected chi connectivity index (χ1v) is 9.57. The molecule has 0 spiro atoms. The van der Waals surface area contributed by atoms with Gasteiger partial charge in [0.2, 0.25) is 5.95 Å². The highest BCUT2D eigenvalue weighted by Crippen LogP contribution is 2.28. The van der Waals surface area contributed by atoms with E-state index in [4.69, 9.17) is 23.2 Å². The van der Waals surface area contributed by atoms with Gasteiger partial charge >= 0.3 is 0 Å². The van der Waals surface area contributed by atoms with Crippen molar-refractivity contribution < 1.29 is 4.79 Å². The summed E-state index contributed by atoms with van der Waals surface area (Å²) >= 11 is 15.6. The number of anilines is 1. The van der Waals surface area contributed by atoms with Gasteiger partial charge in [0.05, 0.1) is 20.1 Å². The summed E-state index contributed by atoms with van der Waals surface area (Å²) in [6, 6.07) is 5.20. The molecule has 1 aliphatic heterocycles. The molecule has 0 aliphatic carbocycles. The number of halogens is 3. The molecule has 0 saturated carbocycles. The van der Waals surface area contributed by atoms with Gasteiger partial charge in [-0.05, 0) is 47.3 Å². The molecule has 2 aromatic rings. The van der Waals surface area contributed by atoms with Gasteiger partial charge in [-0.2, -0.15) is 0 Å². The van der Waals surface area contributed by atoms with Crippen molar-refractivity contribution in [2.45, 2.75) is 25.3 Å². The van der Waals surface area contributed by atoms with Crippen LogP contribution in [0.15, 0.2) is 35.1 Å². The number of benzene rings is 1. The van der Waals surface area contributed by atoms with Crippen molar-refractivity contribution in [3.05, 3.63) is 50.7 Å². The van der Waals surface area contributed by atoms with E-state index in [9.17, 15) is 4.79 Å². The normalized spacial score (nSPS) is 17.4. The number of carbonyl (C=O) groups excluding carboxylic acids is 1. The quantitative estimate of drug-likeness (QED) is 0.746. The van der Waals surface area contributed by atoms with Gasteiger partial charge in [0.1, 0.15) is 0 Å². The maximum atomic E-state index is 13.0. The Balaban J connectivity index is 1.73. The summed E-state index contributed by atoms with van der Waals surface area (Å²) in [7, 11) is 0. The lowest BCUT2D eigenvalue weighted by Gasteiger charge is -2.36. The maximum absolute atomic E-state index is 13.0. The molecule has 8 heteroatoms. The lowest BCUT2D eigenvalue weighted by molar-refractivity contribution is 0.0628. The van der Waals surface area contributed by atoms with Gasteiger partial charge in [0.15, 0.2) is 0 Å². The molecule has 3 rings (SSSR count). The van der Waals surface area contributed by atoms with Crippen molar-refractivity contribution in [3.63, 3.8) is 0 Å². The van der Waals surface area contributed by atoms with Crippen LogP contribution in [0.2, 0.25) is 10.0 Å². The number of aromatic nitrogens is 2. The van der Waals surface area contributed by atoms with Crippen molar-refractivity contribution in [3.8, 4) is 0 Å². The average Bonchev–Trinajstić information content (AvgIpc) is 2.63. The molecular weight excluding hydrogens is 427 g/mol. The van der Waals surface area contributed by atoms with E-state index in [0.717, 1.165) is 23.7 Å². The number of hydrogen-bond acceptors (Lipinski definition) is 4. The molecule has 1 aromatic heterocycles. The smallest absolute Gasteiger partial charge is 0.255 e. The Kier molecular flexibility index (Phi) is 6.15. The number of nitrogens with one attached hydrogen (secondary N) is 1. The zero-order chi connectivity index (χ0) is 17.8. The Morgan fingerprint density at radius 3 is 2.80 bits per heavy atom. The monoisotopic (exact) mass is 442 g/mol. The third kappa shape index (κ3) is 4.43. The van der Waals surface area contributed by atoms with Gasteiger partial charge in [0.25, 0.3) is 5.91 Å². The number of carbonyl (C=O) groups is 1. The van der Waals surface area contributed by atoms with Gasteiger partial charge in [-0.25, -0.2) is 9.97 Å². The fourth-order valence-electron chi connectivity index (χ4n) is 2.92. The fraction of sp³-hybridized carbons (Fsp3) is 0.353. The SMILES string of the molecule is O=C(c1cccc(Cl)c1Cl)N1CCCC[C@H]1CNc1ncc(Br)cn1. The van der Waals surface area contributed by atoms with Crippen LogP contribution in [0.5, 0.6) is 0 Å². The fourth-order valence-corrected chi connectivity index (χ4v) is 3.50. The number of nitrogens with zero attached hydrogens (tertiary/aromatic N) is 3. The van der Waals surface area contributed by atoms with Crippen molar-refractivity contribution >= 4 is 51.0 Å². The summed E-state index contributed by atoms with van der Waals surface area (Å²) in [4.78, 5) is 23.2. The summed E-state index contributed by atoms with van der Waals surface area (Å²) in [5.74, 6) is 0.456. The Morgan fingerprint density at radius 2 is 2.04 bits per heavy atom. The molecular formula is C17H17BrCl2N4O. The van der Waals surface area contributed by atoms with Crippen molar-refractivity contribution in [1.29, 1.82) is 0 Å². The van der Waals surface area contributed by atoms with Crippen LogP contribution >= 0.6 is 39.1 Å². The largest absolute Gasteiger partial charge is 0.352 e. The van der Waals surface area contributed by atoms with Gasteiger partial charge in [0, 0.05) is 31.5 Å². The molecule has 25 heavy (non-hydrogen) atoms. The van der Waals surface area contributed by atoms with Crippen LogP contribution in [0, 0.1) is 0 Å². The standard InChI is InChI=1S/C17H17BrCl2N4O/c18-11-8-21-17(22-9-11)23-10-12-4-1-2-7-24(12)16(25)13-5-3-6-14(19)15(13)20/h3,5-6,8-9,12H,1-2,4,7,10H2,(H,21,22,23)/t12-/m0/s1. The van der Waals surface area contributed by atoms with Crippen molar-refractivity contribution in [2.75, 3.05) is 18.4 Å². The van der Waals surface area contributed by atoms with Crippen LogP contribution < -0.4 is 5.32 Å². The molecule has 5 nitrogen and oxygen atoms in total. The third-order valence-corrected chi connectivity index (χ3v) is 5.41. The second-order valence-corrected chi connectivity index (χ2v) is 7.56. The first-order valence-electron chi connectivity index (χ1n) is 8.02. The third-order valence-electron chi connectivity index (χ3n) is 4.19. The van der Waals surface area contributed by atoms with E-state index in [1.807, 2.05) is 4.90 Å². The number of hydrogen-bond donors (Lipinski definition) is 1. The minimum absolute atomic E-state index is 0.0588. The second kappa shape index (κ2) is 8.34. The number of piperidine rings is 1. The molecule has 1 saturated heterocycles. The Hall–Kier alpha value is -1.37. The minimum atomic E-state index is -0.0873. The molecule has 132 valence electrons. The zero-order valence-corrected chi connectivity index (χ0v) is 16.5. The highest BCUT2D eigenvalue weighted by Gasteiger charge is 2.29. The first-order chi connectivity index (χ1) is 12.1. The molecule has 1 amide bonds. The average molecular weight is 444 g/mol. The minimum Gasteiger partial charge on any atom is -0.352 e. The van der Waals surface area contributed by atoms with E-state index in [1.165, 1.54) is 0 Å². The molecule has 2 heterocycles. The first kappa shape index (κ1) is 18.4.